The first-order valence-electron chi connectivity index (χ1n) is 4.44. The molecule has 2 rings (SSSR count). The zero-order valence-corrected chi connectivity index (χ0v) is 8.32. The highest BCUT2D eigenvalue weighted by Crippen LogP contribution is 2.15. The van der Waals surface area contributed by atoms with Gasteiger partial charge in [-0.25, -0.2) is 13.8 Å². The van der Waals surface area contributed by atoms with Crippen molar-refractivity contribution in [3.63, 3.8) is 0 Å². The molecule has 1 aromatic carbocycles. The van der Waals surface area contributed by atoms with Crippen molar-refractivity contribution in [2.24, 2.45) is 0 Å². The molecule has 0 spiro atoms. The van der Waals surface area contributed by atoms with Crippen molar-refractivity contribution < 1.29 is 13.6 Å². The lowest BCUT2D eigenvalue weighted by Gasteiger charge is -2.04. The van der Waals surface area contributed by atoms with E-state index >= 15 is 0 Å². The molecule has 82 valence electrons. The van der Waals surface area contributed by atoms with Crippen LogP contribution in [0.25, 0.3) is 0 Å². The Balaban J connectivity index is 2.52. The molecule has 0 unspecified atom stereocenters. The van der Waals surface area contributed by atoms with Crippen molar-refractivity contribution in [1.82, 2.24) is 14.8 Å². The second-order valence-electron chi connectivity index (χ2n) is 3.25. The van der Waals surface area contributed by atoms with Gasteiger partial charge in [0.25, 0.3) is 5.91 Å². The third kappa shape index (κ3) is 1.69. The first-order valence-corrected chi connectivity index (χ1v) is 4.44. The average Bonchev–Trinajstić information content (AvgIpc) is 2.75. The van der Waals surface area contributed by atoms with Crippen LogP contribution >= 0.6 is 0 Å². The molecule has 1 aromatic heterocycles. The Bertz CT molecular complexity index is 537. The Hall–Kier alpha value is -2.11. The van der Waals surface area contributed by atoms with Crippen LogP contribution < -0.4 is 0 Å². The number of aryl methyl sites for hydroxylation is 1. The molecule has 0 atom stereocenters. The van der Waals surface area contributed by atoms with Crippen molar-refractivity contribution in [1.29, 1.82) is 0 Å². The maximum Gasteiger partial charge on any atom is 0.282 e. The second kappa shape index (κ2) is 3.80. The number of carbonyl (C=O) groups is 1. The van der Waals surface area contributed by atoms with Gasteiger partial charge in [-0.1, -0.05) is 0 Å². The Morgan fingerprint density at radius 2 is 2.12 bits per heavy atom. The van der Waals surface area contributed by atoms with Crippen molar-refractivity contribution >= 4 is 5.91 Å². The van der Waals surface area contributed by atoms with E-state index in [1.165, 1.54) is 6.07 Å². The molecule has 0 aliphatic rings. The van der Waals surface area contributed by atoms with Gasteiger partial charge in [0.1, 0.15) is 12.7 Å². The van der Waals surface area contributed by atoms with Crippen LogP contribution in [0.3, 0.4) is 0 Å². The Kier molecular flexibility index (Phi) is 2.47. The van der Waals surface area contributed by atoms with E-state index in [1.54, 1.807) is 6.92 Å². The number of halogens is 2. The minimum Gasteiger partial charge on any atom is -0.267 e. The van der Waals surface area contributed by atoms with E-state index in [1.807, 2.05) is 0 Å². The normalized spacial score (nSPS) is 10.4. The Labute approximate surface area is 89.5 Å². The molecule has 0 radical (unpaired) electrons. The van der Waals surface area contributed by atoms with Crippen molar-refractivity contribution in [2.75, 3.05) is 0 Å². The van der Waals surface area contributed by atoms with Crippen LogP contribution in [-0.2, 0) is 0 Å². The van der Waals surface area contributed by atoms with Gasteiger partial charge in [-0.15, -0.1) is 0 Å². The molecule has 16 heavy (non-hydrogen) atoms. The van der Waals surface area contributed by atoms with Gasteiger partial charge in [0, 0.05) is 0 Å². The van der Waals surface area contributed by atoms with Crippen LogP contribution in [0.4, 0.5) is 8.78 Å². The Morgan fingerprint density at radius 1 is 1.38 bits per heavy atom. The number of nitrogens with zero attached hydrogens (tertiary/aromatic N) is 3. The molecule has 0 bridgehead atoms. The van der Waals surface area contributed by atoms with E-state index in [0.717, 1.165) is 23.4 Å². The summed E-state index contributed by atoms with van der Waals surface area (Å²) in [5, 5.41) is 3.56. The molecule has 0 fully saturated rings. The fourth-order valence-electron chi connectivity index (χ4n) is 1.32. The summed E-state index contributed by atoms with van der Waals surface area (Å²) in [6.07, 6.45) is 2.27. The second-order valence-corrected chi connectivity index (χ2v) is 3.25. The van der Waals surface area contributed by atoms with Crippen molar-refractivity contribution in [3.8, 4) is 0 Å². The SMILES string of the molecule is Cc1cc(F)c(F)c(C(=O)n2cncn2)c1. The maximum absolute atomic E-state index is 13.4. The van der Waals surface area contributed by atoms with Gasteiger partial charge in [0.05, 0.1) is 5.56 Å². The lowest BCUT2D eigenvalue weighted by atomic mass is 10.1. The van der Waals surface area contributed by atoms with Crippen LogP contribution in [0.2, 0.25) is 0 Å². The zero-order chi connectivity index (χ0) is 11.7. The van der Waals surface area contributed by atoms with E-state index in [0.29, 0.717) is 5.56 Å². The predicted molar refractivity (Wildman–Crippen MR) is 50.8 cm³/mol. The summed E-state index contributed by atoms with van der Waals surface area (Å²) in [7, 11) is 0. The van der Waals surface area contributed by atoms with E-state index < -0.39 is 17.5 Å². The van der Waals surface area contributed by atoms with E-state index in [9.17, 15) is 13.6 Å². The molecule has 0 N–H and O–H groups in total. The van der Waals surface area contributed by atoms with E-state index in [2.05, 4.69) is 10.1 Å². The number of carbonyl (C=O) groups excluding carboxylic acids is 1. The van der Waals surface area contributed by atoms with Crippen LogP contribution in [0.15, 0.2) is 24.8 Å². The molecule has 1 heterocycles. The highest BCUT2D eigenvalue weighted by atomic mass is 19.2. The minimum absolute atomic E-state index is 0.358. The topological polar surface area (TPSA) is 47.8 Å². The number of hydrogen-bond donors (Lipinski definition) is 0. The number of rotatable bonds is 1. The van der Waals surface area contributed by atoms with Gasteiger partial charge in [-0.2, -0.15) is 9.78 Å². The summed E-state index contributed by atoms with van der Waals surface area (Å²) >= 11 is 0. The number of hydrogen-bond acceptors (Lipinski definition) is 3. The highest BCUT2D eigenvalue weighted by Gasteiger charge is 2.18. The summed E-state index contributed by atoms with van der Waals surface area (Å²) in [6, 6.07) is 2.29. The lowest BCUT2D eigenvalue weighted by Crippen LogP contribution is -2.15. The molecular weight excluding hydrogens is 216 g/mol. The minimum atomic E-state index is -1.17. The quantitative estimate of drug-likeness (QED) is 0.737. The Morgan fingerprint density at radius 3 is 2.75 bits per heavy atom. The number of benzene rings is 1. The maximum atomic E-state index is 13.4. The largest absolute Gasteiger partial charge is 0.282 e. The van der Waals surface area contributed by atoms with Gasteiger partial charge < -0.3 is 0 Å². The van der Waals surface area contributed by atoms with Gasteiger partial charge >= 0.3 is 0 Å². The molecule has 0 aliphatic carbocycles. The zero-order valence-electron chi connectivity index (χ0n) is 8.32. The standard InChI is InChI=1S/C10H7F2N3O/c1-6-2-7(9(12)8(11)3-6)10(16)15-5-13-4-14-15/h2-5H,1H3. The van der Waals surface area contributed by atoms with Crippen LogP contribution in [0.5, 0.6) is 0 Å². The summed E-state index contributed by atoms with van der Waals surface area (Å²) in [5.41, 5.74) is 0.102. The molecule has 0 aliphatic heterocycles. The number of aromatic nitrogens is 3. The fourth-order valence-corrected chi connectivity index (χ4v) is 1.32. The van der Waals surface area contributed by atoms with Gasteiger partial charge in [0.15, 0.2) is 11.6 Å². The lowest BCUT2D eigenvalue weighted by molar-refractivity contribution is 0.0939. The smallest absolute Gasteiger partial charge is 0.267 e. The predicted octanol–water partition coefficient (Wildman–Crippen LogP) is 1.55. The highest BCUT2D eigenvalue weighted by molar-refractivity contribution is 5.95. The first kappa shape index (κ1) is 10.4. The molecule has 0 saturated carbocycles. The van der Waals surface area contributed by atoms with Crippen LogP contribution in [-0.4, -0.2) is 20.7 Å². The van der Waals surface area contributed by atoms with Crippen LogP contribution in [0, 0.1) is 18.6 Å². The fraction of sp³-hybridized carbons (Fsp3) is 0.100. The molecule has 0 amide bonds. The third-order valence-electron chi connectivity index (χ3n) is 2.03. The van der Waals surface area contributed by atoms with E-state index in [-0.39, 0.29) is 5.56 Å². The molecule has 0 saturated heterocycles. The summed E-state index contributed by atoms with van der Waals surface area (Å²) in [6.45, 7) is 1.57. The van der Waals surface area contributed by atoms with Crippen molar-refractivity contribution in [2.45, 2.75) is 6.92 Å². The third-order valence-corrected chi connectivity index (χ3v) is 2.03. The van der Waals surface area contributed by atoms with Gasteiger partial charge in [-0.3, -0.25) is 4.79 Å². The van der Waals surface area contributed by atoms with E-state index in [4.69, 9.17) is 0 Å². The molecule has 2 aromatic rings. The summed E-state index contributed by atoms with van der Waals surface area (Å²) < 4.78 is 27.3. The average molecular weight is 223 g/mol. The molecule has 6 heteroatoms. The van der Waals surface area contributed by atoms with Gasteiger partial charge in [0.2, 0.25) is 0 Å². The van der Waals surface area contributed by atoms with Crippen LogP contribution in [0.1, 0.15) is 15.9 Å². The first-order chi connectivity index (χ1) is 7.59. The molecular formula is C10H7F2N3O. The summed E-state index contributed by atoms with van der Waals surface area (Å²) in [4.78, 5) is 15.2. The van der Waals surface area contributed by atoms with Gasteiger partial charge in [-0.05, 0) is 24.6 Å². The monoisotopic (exact) mass is 223 g/mol. The van der Waals surface area contributed by atoms with Crippen molar-refractivity contribution in [3.05, 3.63) is 47.5 Å². The molecule has 4 nitrogen and oxygen atoms in total. The summed E-state index contributed by atoms with van der Waals surface area (Å²) in [5.74, 6) is -2.98.